The van der Waals surface area contributed by atoms with Crippen molar-refractivity contribution < 1.29 is 5.11 Å². The van der Waals surface area contributed by atoms with Crippen LogP contribution >= 0.6 is 0 Å². The molecule has 4 unspecified atom stereocenters. The summed E-state index contributed by atoms with van der Waals surface area (Å²) in [7, 11) is 0. The van der Waals surface area contributed by atoms with Crippen LogP contribution in [0.25, 0.3) is 0 Å². The maximum absolute atomic E-state index is 9.57. The third kappa shape index (κ3) is 2.23. The van der Waals surface area contributed by atoms with Gasteiger partial charge in [-0.1, -0.05) is 6.92 Å². The van der Waals surface area contributed by atoms with E-state index in [2.05, 4.69) is 25.7 Å². The van der Waals surface area contributed by atoms with Gasteiger partial charge in [0.05, 0.1) is 6.10 Å². The summed E-state index contributed by atoms with van der Waals surface area (Å²) in [4.78, 5) is 2.49. The minimum Gasteiger partial charge on any atom is -0.392 e. The van der Waals surface area contributed by atoms with Crippen LogP contribution in [0.4, 0.5) is 0 Å². The first-order chi connectivity index (χ1) is 6.07. The second-order valence-corrected chi connectivity index (χ2v) is 4.42. The lowest BCUT2D eigenvalue weighted by Gasteiger charge is -2.35. The molecule has 0 aromatic heterocycles. The quantitative estimate of drug-likeness (QED) is 0.727. The maximum atomic E-state index is 9.57. The molecule has 2 heteroatoms. The largest absolute Gasteiger partial charge is 0.392 e. The molecule has 1 heterocycles. The molecule has 0 saturated carbocycles. The lowest BCUT2D eigenvalue weighted by molar-refractivity contribution is 0.0418. The molecule has 1 rings (SSSR count). The zero-order chi connectivity index (χ0) is 10.0. The molecule has 1 fully saturated rings. The van der Waals surface area contributed by atoms with Gasteiger partial charge in [-0.2, -0.15) is 0 Å². The summed E-state index contributed by atoms with van der Waals surface area (Å²) in [5.41, 5.74) is 0. The molecule has 78 valence electrons. The number of likely N-dealkylation sites (tertiary alicyclic amines) is 1. The molecule has 0 amide bonds. The predicted octanol–water partition coefficient (Wildman–Crippen LogP) is 2.02. The van der Waals surface area contributed by atoms with Gasteiger partial charge < -0.3 is 5.11 Å². The molecular weight excluding hydrogens is 162 g/mol. The number of aliphatic hydroxyl groups excluding tert-OH is 1. The van der Waals surface area contributed by atoms with E-state index in [9.17, 15) is 5.11 Å². The van der Waals surface area contributed by atoms with E-state index in [4.69, 9.17) is 0 Å². The molecule has 4 atom stereocenters. The Bertz CT molecular complexity index is 158. The fourth-order valence-electron chi connectivity index (χ4n) is 2.49. The highest BCUT2D eigenvalue weighted by Gasteiger charge is 2.34. The number of nitrogens with zero attached hydrogens (tertiary/aromatic N) is 1. The van der Waals surface area contributed by atoms with Crippen molar-refractivity contribution in [1.29, 1.82) is 0 Å². The summed E-state index contributed by atoms with van der Waals surface area (Å²) in [6.07, 6.45) is 3.58. The molecule has 2 nitrogen and oxygen atoms in total. The molecule has 0 aromatic carbocycles. The van der Waals surface area contributed by atoms with Gasteiger partial charge in [-0.3, -0.25) is 4.90 Å². The summed E-state index contributed by atoms with van der Waals surface area (Å²) in [5.74, 6) is 0. The lowest BCUT2D eigenvalue weighted by atomic mass is 10.1. The van der Waals surface area contributed by atoms with Crippen molar-refractivity contribution >= 4 is 0 Å². The standard InChI is InChI=1S/C11H23NO/c1-5-11-7-6-8(2)12(11)9(3)10(4)13/h8-11,13H,5-7H2,1-4H3. The molecule has 0 spiro atoms. The van der Waals surface area contributed by atoms with E-state index in [1.807, 2.05) is 6.92 Å². The molecule has 13 heavy (non-hydrogen) atoms. The Kier molecular flexibility index (Phi) is 3.74. The number of hydrogen-bond donors (Lipinski definition) is 1. The Morgan fingerprint density at radius 2 is 2.00 bits per heavy atom. The van der Waals surface area contributed by atoms with Crippen molar-refractivity contribution in [1.82, 2.24) is 4.90 Å². The Morgan fingerprint density at radius 1 is 1.38 bits per heavy atom. The van der Waals surface area contributed by atoms with Gasteiger partial charge in [0.15, 0.2) is 0 Å². The first kappa shape index (κ1) is 11.0. The van der Waals surface area contributed by atoms with Crippen molar-refractivity contribution in [2.24, 2.45) is 0 Å². The second kappa shape index (κ2) is 4.43. The Morgan fingerprint density at radius 3 is 2.46 bits per heavy atom. The number of rotatable bonds is 3. The van der Waals surface area contributed by atoms with Crippen molar-refractivity contribution in [2.75, 3.05) is 0 Å². The topological polar surface area (TPSA) is 23.5 Å². The van der Waals surface area contributed by atoms with Crippen LogP contribution in [-0.2, 0) is 0 Å². The molecule has 0 radical (unpaired) electrons. The van der Waals surface area contributed by atoms with E-state index < -0.39 is 0 Å². The summed E-state index contributed by atoms with van der Waals surface area (Å²) in [6, 6.07) is 1.65. The summed E-state index contributed by atoms with van der Waals surface area (Å²) in [5, 5.41) is 9.57. The highest BCUT2D eigenvalue weighted by atomic mass is 16.3. The van der Waals surface area contributed by atoms with Crippen LogP contribution < -0.4 is 0 Å². The molecule has 1 N–H and O–H groups in total. The van der Waals surface area contributed by atoms with Crippen LogP contribution in [0, 0.1) is 0 Å². The van der Waals surface area contributed by atoms with E-state index in [1.54, 1.807) is 0 Å². The number of hydrogen-bond acceptors (Lipinski definition) is 2. The lowest BCUT2D eigenvalue weighted by Crippen LogP contribution is -2.46. The fraction of sp³-hybridized carbons (Fsp3) is 1.00. The maximum Gasteiger partial charge on any atom is 0.0664 e. The molecular formula is C11H23NO. The van der Waals surface area contributed by atoms with E-state index in [-0.39, 0.29) is 6.10 Å². The van der Waals surface area contributed by atoms with E-state index in [1.165, 1.54) is 19.3 Å². The van der Waals surface area contributed by atoms with Crippen LogP contribution in [0.15, 0.2) is 0 Å². The summed E-state index contributed by atoms with van der Waals surface area (Å²) >= 11 is 0. The molecule has 0 aromatic rings. The SMILES string of the molecule is CCC1CCC(C)N1C(C)C(C)O. The predicted molar refractivity (Wildman–Crippen MR) is 55.8 cm³/mol. The van der Waals surface area contributed by atoms with Gasteiger partial charge >= 0.3 is 0 Å². The van der Waals surface area contributed by atoms with Gasteiger partial charge in [0.25, 0.3) is 0 Å². The average molecular weight is 185 g/mol. The summed E-state index contributed by atoms with van der Waals surface area (Å²) < 4.78 is 0. The van der Waals surface area contributed by atoms with Gasteiger partial charge in [-0.25, -0.2) is 0 Å². The van der Waals surface area contributed by atoms with Crippen molar-refractivity contribution in [3.8, 4) is 0 Å². The first-order valence-electron chi connectivity index (χ1n) is 5.53. The first-order valence-corrected chi connectivity index (χ1v) is 5.53. The van der Waals surface area contributed by atoms with E-state index in [0.717, 1.165) is 0 Å². The zero-order valence-electron chi connectivity index (χ0n) is 9.33. The smallest absolute Gasteiger partial charge is 0.0664 e. The Hall–Kier alpha value is -0.0800. The van der Waals surface area contributed by atoms with Gasteiger partial charge in [0, 0.05) is 18.1 Å². The Labute approximate surface area is 81.9 Å². The minimum atomic E-state index is -0.213. The van der Waals surface area contributed by atoms with Gasteiger partial charge in [-0.15, -0.1) is 0 Å². The van der Waals surface area contributed by atoms with Gasteiger partial charge in [0.2, 0.25) is 0 Å². The monoisotopic (exact) mass is 185 g/mol. The van der Waals surface area contributed by atoms with Crippen molar-refractivity contribution in [3.05, 3.63) is 0 Å². The number of aliphatic hydroxyl groups is 1. The molecule has 1 aliphatic rings. The fourth-order valence-corrected chi connectivity index (χ4v) is 2.49. The van der Waals surface area contributed by atoms with Crippen LogP contribution in [-0.4, -0.2) is 34.2 Å². The van der Waals surface area contributed by atoms with Gasteiger partial charge in [-0.05, 0) is 40.0 Å². The zero-order valence-corrected chi connectivity index (χ0v) is 9.33. The molecule has 1 aliphatic heterocycles. The minimum absolute atomic E-state index is 0.213. The van der Waals surface area contributed by atoms with Crippen molar-refractivity contribution in [2.45, 2.75) is 71.2 Å². The third-order valence-electron chi connectivity index (χ3n) is 3.49. The third-order valence-corrected chi connectivity index (χ3v) is 3.49. The second-order valence-electron chi connectivity index (χ2n) is 4.42. The highest BCUT2D eigenvalue weighted by Crippen LogP contribution is 2.28. The highest BCUT2D eigenvalue weighted by molar-refractivity contribution is 4.89. The molecule has 0 aliphatic carbocycles. The normalized spacial score (nSPS) is 34.8. The van der Waals surface area contributed by atoms with Crippen LogP contribution in [0.5, 0.6) is 0 Å². The van der Waals surface area contributed by atoms with E-state index >= 15 is 0 Å². The Balaban J connectivity index is 2.63. The van der Waals surface area contributed by atoms with Crippen molar-refractivity contribution in [3.63, 3.8) is 0 Å². The van der Waals surface area contributed by atoms with E-state index in [0.29, 0.717) is 18.1 Å². The van der Waals surface area contributed by atoms with Crippen LogP contribution in [0.1, 0.15) is 47.0 Å². The molecule has 1 saturated heterocycles. The summed E-state index contributed by atoms with van der Waals surface area (Å²) in [6.45, 7) is 8.54. The van der Waals surface area contributed by atoms with Crippen LogP contribution in [0.2, 0.25) is 0 Å². The van der Waals surface area contributed by atoms with Crippen LogP contribution in [0.3, 0.4) is 0 Å². The molecule has 0 bridgehead atoms. The average Bonchev–Trinajstić information content (AvgIpc) is 2.45. The van der Waals surface area contributed by atoms with Gasteiger partial charge in [0.1, 0.15) is 0 Å².